The van der Waals surface area contributed by atoms with Crippen LogP contribution in [0.25, 0.3) is 0 Å². The van der Waals surface area contributed by atoms with Crippen molar-refractivity contribution in [3.8, 4) is 0 Å². The highest BCUT2D eigenvalue weighted by molar-refractivity contribution is 5.85. The van der Waals surface area contributed by atoms with Crippen molar-refractivity contribution < 1.29 is 9.59 Å². The van der Waals surface area contributed by atoms with Gasteiger partial charge in [0.15, 0.2) is 0 Å². The van der Waals surface area contributed by atoms with E-state index in [2.05, 4.69) is 0 Å². The molecule has 6 saturated carbocycles. The Morgan fingerprint density at radius 2 is 1.11 bits per heavy atom. The Morgan fingerprint density at radius 3 is 1.46 bits per heavy atom. The highest BCUT2D eigenvalue weighted by Crippen LogP contribution is 2.97. The molecule has 0 bridgehead atoms. The maximum Gasteiger partial charge on any atom is 0.224 e. The van der Waals surface area contributed by atoms with E-state index in [0.29, 0.717) is 28.1 Å². The van der Waals surface area contributed by atoms with Crippen LogP contribution in [0.1, 0.15) is 103 Å². The van der Waals surface area contributed by atoms with Gasteiger partial charge in [-0.1, -0.05) is 6.42 Å². The molecule has 6 rings (SSSR count). The van der Waals surface area contributed by atoms with Crippen LogP contribution in [-0.2, 0) is 9.59 Å². The van der Waals surface area contributed by atoms with E-state index in [1.165, 1.54) is 70.6 Å². The third kappa shape index (κ3) is 1.85. The van der Waals surface area contributed by atoms with Gasteiger partial charge in [0, 0.05) is 6.42 Å². The smallest absolute Gasteiger partial charge is 0.224 e. The van der Waals surface area contributed by atoms with Crippen molar-refractivity contribution in [2.75, 3.05) is 0 Å². The summed E-state index contributed by atoms with van der Waals surface area (Å²) in [4.78, 5) is 23.6. The van der Waals surface area contributed by atoms with Crippen LogP contribution in [0.2, 0.25) is 0 Å². The van der Waals surface area contributed by atoms with Gasteiger partial charge < -0.3 is 11.5 Å². The minimum absolute atomic E-state index is 0.0181. The predicted octanol–water partition coefficient (Wildman–Crippen LogP) is 4.20. The number of nitrogens with two attached hydrogens (primary N) is 2. The Hall–Kier alpha value is -1.06. The quantitative estimate of drug-likeness (QED) is 0.523. The molecule has 154 valence electrons. The number of hydrogen-bond donors (Lipinski definition) is 2. The summed E-state index contributed by atoms with van der Waals surface area (Å²) in [7, 11) is 0. The minimum atomic E-state index is -0.154. The Balaban J connectivity index is 1.27. The van der Waals surface area contributed by atoms with Gasteiger partial charge in [0.1, 0.15) is 0 Å². The van der Waals surface area contributed by atoms with Crippen LogP contribution in [0.4, 0.5) is 0 Å². The maximum absolute atomic E-state index is 12.5. The summed E-state index contributed by atoms with van der Waals surface area (Å²) in [5.74, 6) is -0.136. The Kier molecular flexibility index (Phi) is 3.16. The van der Waals surface area contributed by atoms with Crippen LogP contribution in [0.3, 0.4) is 0 Å². The molecule has 2 amide bonds. The molecule has 0 aromatic heterocycles. The Bertz CT molecular complexity index is 745. The monoisotopic (exact) mass is 384 g/mol. The number of carbonyl (C=O) groups is 2. The first-order valence-corrected chi connectivity index (χ1v) is 11.9. The van der Waals surface area contributed by atoms with Crippen molar-refractivity contribution in [3.05, 3.63) is 0 Å². The van der Waals surface area contributed by atoms with E-state index in [9.17, 15) is 9.59 Å². The number of amides is 2. The molecule has 0 aliphatic heterocycles. The molecule has 0 spiro atoms. The summed E-state index contributed by atoms with van der Waals surface area (Å²) < 4.78 is 0. The van der Waals surface area contributed by atoms with Crippen LogP contribution in [0, 0.1) is 32.5 Å². The summed E-state index contributed by atoms with van der Waals surface area (Å²) in [6, 6.07) is 0. The molecule has 0 radical (unpaired) electrons. The van der Waals surface area contributed by atoms with Gasteiger partial charge in [0.2, 0.25) is 11.8 Å². The van der Waals surface area contributed by atoms with E-state index in [1.807, 2.05) is 0 Å². The van der Waals surface area contributed by atoms with Crippen LogP contribution in [0.15, 0.2) is 0 Å². The molecule has 6 fully saturated rings. The molecule has 4 nitrogen and oxygen atoms in total. The van der Waals surface area contributed by atoms with Gasteiger partial charge in [-0.05, 0) is 117 Å². The zero-order chi connectivity index (χ0) is 19.5. The molecule has 6 aliphatic carbocycles. The van der Waals surface area contributed by atoms with Gasteiger partial charge in [0.25, 0.3) is 0 Å². The lowest BCUT2D eigenvalue weighted by Crippen LogP contribution is -2.46. The standard InChI is InChI=1S/C24H36N2O2/c25-17(27)3-1-2-4-19(5-6-19)21(9-10-21)23(13-14-23)24(15-16-24)22(11-12-22)20(7-8-20)18(26)28/h1-16H2,(H2,25,27)(H2,26,28). The fourth-order valence-electron chi connectivity index (χ4n) is 9.23. The number of primary amides is 2. The van der Waals surface area contributed by atoms with Crippen LogP contribution in [-0.4, -0.2) is 11.8 Å². The highest BCUT2D eigenvalue weighted by atomic mass is 16.1. The molecule has 6 aliphatic rings. The van der Waals surface area contributed by atoms with Crippen molar-refractivity contribution in [3.63, 3.8) is 0 Å². The molecule has 0 atom stereocenters. The summed E-state index contributed by atoms with van der Waals surface area (Å²) in [5, 5.41) is 0. The molecule has 0 unspecified atom stereocenters. The second kappa shape index (κ2) is 4.98. The average Bonchev–Trinajstić information content (AvgIpc) is 3.39. The summed E-state index contributed by atoms with van der Waals surface area (Å²) in [6.07, 6.45) is 19.8. The lowest BCUT2D eigenvalue weighted by Gasteiger charge is -2.47. The van der Waals surface area contributed by atoms with Crippen molar-refractivity contribution >= 4 is 11.8 Å². The summed E-state index contributed by atoms with van der Waals surface area (Å²) >= 11 is 0. The van der Waals surface area contributed by atoms with Crippen molar-refractivity contribution in [2.24, 2.45) is 44.0 Å². The van der Waals surface area contributed by atoms with Crippen molar-refractivity contribution in [2.45, 2.75) is 103 Å². The fraction of sp³-hybridized carbons (Fsp3) is 0.917. The highest BCUT2D eigenvalue weighted by Gasteiger charge is 2.90. The SMILES string of the molecule is NC(=O)CCCCC1(C2(C3(C4(C5(C6(C(N)=O)CC6)CC5)CC4)CC3)CC2)CC1. The van der Waals surface area contributed by atoms with E-state index in [-0.39, 0.29) is 22.6 Å². The largest absolute Gasteiger partial charge is 0.370 e. The van der Waals surface area contributed by atoms with Crippen molar-refractivity contribution in [1.82, 2.24) is 0 Å². The van der Waals surface area contributed by atoms with Gasteiger partial charge in [-0.25, -0.2) is 0 Å². The summed E-state index contributed by atoms with van der Waals surface area (Å²) in [6.45, 7) is 0. The summed E-state index contributed by atoms with van der Waals surface area (Å²) in [5.41, 5.74) is 13.6. The minimum Gasteiger partial charge on any atom is -0.370 e. The average molecular weight is 385 g/mol. The molecular formula is C24H36N2O2. The van der Waals surface area contributed by atoms with E-state index < -0.39 is 0 Å². The zero-order valence-corrected chi connectivity index (χ0v) is 17.3. The molecular weight excluding hydrogens is 348 g/mol. The van der Waals surface area contributed by atoms with E-state index in [1.54, 1.807) is 0 Å². The third-order valence-corrected chi connectivity index (χ3v) is 11.1. The first kappa shape index (κ1) is 17.8. The van der Waals surface area contributed by atoms with E-state index in [4.69, 9.17) is 11.5 Å². The first-order chi connectivity index (χ1) is 13.4. The third-order valence-electron chi connectivity index (χ3n) is 11.1. The van der Waals surface area contributed by atoms with Gasteiger partial charge in [0.05, 0.1) is 5.41 Å². The number of carbonyl (C=O) groups excluding carboxylic acids is 2. The molecule has 0 heterocycles. The second-order valence-corrected chi connectivity index (χ2v) is 11.7. The second-order valence-electron chi connectivity index (χ2n) is 11.7. The van der Waals surface area contributed by atoms with Gasteiger partial charge in [-0.3, -0.25) is 9.59 Å². The Morgan fingerprint density at radius 1 is 0.607 bits per heavy atom. The van der Waals surface area contributed by atoms with Gasteiger partial charge >= 0.3 is 0 Å². The zero-order valence-electron chi connectivity index (χ0n) is 17.3. The molecule has 0 aromatic rings. The normalized spacial score (nSPS) is 34.1. The van der Waals surface area contributed by atoms with Gasteiger partial charge in [-0.2, -0.15) is 0 Å². The number of rotatable bonds is 11. The van der Waals surface area contributed by atoms with Gasteiger partial charge in [-0.15, -0.1) is 0 Å². The van der Waals surface area contributed by atoms with Crippen LogP contribution < -0.4 is 11.5 Å². The maximum atomic E-state index is 12.5. The first-order valence-electron chi connectivity index (χ1n) is 11.9. The molecule has 0 saturated heterocycles. The predicted molar refractivity (Wildman–Crippen MR) is 107 cm³/mol. The molecule has 4 heteroatoms. The van der Waals surface area contributed by atoms with E-state index >= 15 is 0 Å². The lowest BCUT2D eigenvalue weighted by molar-refractivity contribution is -0.129. The molecule has 28 heavy (non-hydrogen) atoms. The molecule has 4 N–H and O–H groups in total. The number of unbranched alkanes of at least 4 members (excludes halogenated alkanes) is 1. The Labute approximate surface area is 168 Å². The topological polar surface area (TPSA) is 86.2 Å². The van der Waals surface area contributed by atoms with E-state index in [0.717, 1.165) is 25.7 Å². The fourth-order valence-corrected chi connectivity index (χ4v) is 9.23. The van der Waals surface area contributed by atoms with Crippen LogP contribution in [0.5, 0.6) is 0 Å². The number of hydrogen-bond acceptors (Lipinski definition) is 2. The molecule has 0 aromatic carbocycles. The van der Waals surface area contributed by atoms with Crippen molar-refractivity contribution in [1.29, 1.82) is 0 Å². The lowest BCUT2D eigenvalue weighted by atomic mass is 9.56. The van der Waals surface area contributed by atoms with Crippen LogP contribution >= 0.6 is 0 Å².